The Morgan fingerprint density at radius 1 is 1.11 bits per heavy atom. The summed E-state index contributed by atoms with van der Waals surface area (Å²) in [6.07, 6.45) is 1.73. The molecule has 0 saturated carbocycles. The van der Waals surface area contributed by atoms with Crippen LogP contribution in [-0.2, 0) is 5.75 Å². The van der Waals surface area contributed by atoms with Gasteiger partial charge >= 0.3 is 0 Å². The Bertz CT molecular complexity index is 941. The van der Waals surface area contributed by atoms with Crippen LogP contribution in [0.2, 0.25) is 0 Å². The molecule has 2 aromatic carbocycles. The van der Waals surface area contributed by atoms with E-state index < -0.39 is 0 Å². The molecule has 0 bridgehead atoms. The van der Waals surface area contributed by atoms with Crippen LogP contribution in [0.25, 0.3) is 0 Å². The van der Waals surface area contributed by atoms with Gasteiger partial charge in [0.25, 0.3) is 0 Å². The molecular formula is C19H19BrN4O2S. The molecular weight excluding hydrogens is 428 g/mol. The fraction of sp³-hybridized carbons (Fsp3) is 0.211. The molecule has 3 aromatic rings. The smallest absolute Gasteiger partial charge is 0.212 e. The Kier molecular flexibility index (Phi) is 6.52. The number of hydrogen-bond acceptors (Lipinski definition) is 6. The number of rotatable bonds is 7. The van der Waals surface area contributed by atoms with Crippen molar-refractivity contribution in [3.05, 3.63) is 63.9 Å². The minimum atomic E-state index is 0.688. The summed E-state index contributed by atoms with van der Waals surface area (Å²) in [5, 5.41) is 13.7. The molecule has 0 radical (unpaired) electrons. The van der Waals surface area contributed by atoms with Crippen molar-refractivity contribution in [1.82, 2.24) is 14.9 Å². The van der Waals surface area contributed by atoms with Gasteiger partial charge in [0, 0.05) is 21.9 Å². The molecule has 0 unspecified atom stereocenters. The quantitative estimate of drug-likeness (QED) is 0.393. The van der Waals surface area contributed by atoms with E-state index in [0.717, 1.165) is 32.5 Å². The Balaban J connectivity index is 1.78. The van der Waals surface area contributed by atoms with Gasteiger partial charge in [0.1, 0.15) is 11.5 Å². The average Bonchev–Trinajstić information content (AvgIpc) is 3.05. The average molecular weight is 447 g/mol. The van der Waals surface area contributed by atoms with E-state index in [1.54, 1.807) is 36.9 Å². The number of halogens is 1. The van der Waals surface area contributed by atoms with Crippen LogP contribution in [-0.4, -0.2) is 35.3 Å². The molecule has 0 fully saturated rings. The highest BCUT2D eigenvalue weighted by Gasteiger charge is 2.10. The monoisotopic (exact) mass is 446 g/mol. The van der Waals surface area contributed by atoms with E-state index in [2.05, 4.69) is 43.4 Å². The molecule has 1 heterocycles. The first-order chi connectivity index (χ1) is 13.1. The number of thioether (sulfide) groups is 1. The van der Waals surface area contributed by atoms with Gasteiger partial charge in [0.2, 0.25) is 5.16 Å². The third-order valence-corrected chi connectivity index (χ3v) is 5.32. The summed E-state index contributed by atoms with van der Waals surface area (Å²) in [7, 11) is 3.24. The van der Waals surface area contributed by atoms with Crippen LogP contribution in [0, 0.1) is 6.92 Å². The maximum Gasteiger partial charge on any atom is 0.212 e. The highest BCUT2D eigenvalue weighted by atomic mass is 79.9. The van der Waals surface area contributed by atoms with Crippen LogP contribution in [0.3, 0.4) is 0 Å². The van der Waals surface area contributed by atoms with Crippen molar-refractivity contribution in [2.45, 2.75) is 17.8 Å². The van der Waals surface area contributed by atoms with Crippen molar-refractivity contribution in [3.63, 3.8) is 0 Å². The summed E-state index contributed by atoms with van der Waals surface area (Å²) in [6, 6.07) is 13.8. The van der Waals surface area contributed by atoms with E-state index in [1.807, 2.05) is 37.3 Å². The van der Waals surface area contributed by atoms with Crippen LogP contribution in [0.4, 0.5) is 0 Å². The summed E-state index contributed by atoms with van der Waals surface area (Å²) in [5.74, 6) is 2.92. The molecule has 0 aliphatic carbocycles. The van der Waals surface area contributed by atoms with Crippen molar-refractivity contribution in [3.8, 4) is 11.5 Å². The van der Waals surface area contributed by atoms with Gasteiger partial charge in [-0.25, -0.2) is 0 Å². The zero-order chi connectivity index (χ0) is 19.2. The van der Waals surface area contributed by atoms with E-state index in [1.165, 1.54) is 5.56 Å². The molecule has 0 saturated heterocycles. The van der Waals surface area contributed by atoms with E-state index in [9.17, 15) is 0 Å². The van der Waals surface area contributed by atoms with Crippen LogP contribution < -0.4 is 9.47 Å². The summed E-state index contributed by atoms with van der Waals surface area (Å²) in [5.41, 5.74) is 2.05. The van der Waals surface area contributed by atoms with Crippen molar-refractivity contribution in [1.29, 1.82) is 0 Å². The van der Waals surface area contributed by atoms with E-state index in [4.69, 9.17) is 9.47 Å². The molecule has 0 amide bonds. The first-order valence-corrected chi connectivity index (χ1v) is 9.94. The number of hydrogen-bond donors (Lipinski definition) is 0. The van der Waals surface area contributed by atoms with Gasteiger partial charge in [-0.1, -0.05) is 39.8 Å². The van der Waals surface area contributed by atoms with Gasteiger partial charge in [0.15, 0.2) is 5.82 Å². The second-order valence-corrected chi connectivity index (χ2v) is 7.47. The maximum atomic E-state index is 5.41. The maximum absolute atomic E-state index is 5.41. The second kappa shape index (κ2) is 9.05. The first kappa shape index (κ1) is 19.4. The topological polar surface area (TPSA) is 61.5 Å². The number of aryl methyl sites for hydroxylation is 1. The fourth-order valence-electron chi connectivity index (χ4n) is 2.33. The molecule has 8 heteroatoms. The Morgan fingerprint density at radius 3 is 2.59 bits per heavy atom. The number of aromatic nitrogens is 3. The number of ether oxygens (including phenoxy) is 2. The lowest BCUT2D eigenvalue weighted by Crippen LogP contribution is -1.98. The molecule has 0 spiro atoms. The summed E-state index contributed by atoms with van der Waals surface area (Å²) >= 11 is 5.04. The number of methoxy groups -OCH3 is 2. The van der Waals surface area contributed by atoms with Crippen LogP contribution >= 0.6 is 27.7 Å². The molecule has 140 valence electrons. The largest absolute Gasteiger partial charge is 0.497 e. The molecule has 0 aliphatic heterocycles. The molecule has 6 nitrogen and oxygen atoms in total. The zero-order valence-electron chi connectivity index (χ0n) is 15.2. The summed E-state index contributed by atoms with van der Waals surface area (Å²) < 4.78 is 13.4. The van der Waals surface area contributed by atoms with Crippen LogP contribution in [0.5, 0.6) is 11.5 Å². The van der Waals surface area contributed by atoms with E-state index in [-0.39, 0.29) is 0 Å². The van der Waals surface area contributed by atoms with Crippen LogP contribution in [0.1, 0.15) is 17.0 Å². The lowest BCUT2D eigenvalue weighted by molar-refractivity contribution is 0.394. The lowest BCUT2D eigenvalue weighted by Gasteiger charge is -2.07. The van der Waals surface area contributed by atoms with Gasteiger partial charge in [0.05, 0.1) is 20.4 Å². The SMILES string of the molecule is COc1ccc(/C=N\n2c(C)nnc2SCc2ccc(Br)cc2)c(OC)c1. The molecule has 0 N–H and O–H groups in total. The van der Waals surface area contributed by atoms with Gasteiger partial charge in [-0.15, -0.1) is 10.2 Å². The standard InChI is InChI=1S/C19H19BrN4O2S/c1-13-22-23-19(27-12-14-4-7-16(20)8-5-14)24(13)21-11-15-6-9-17(25-2)10-18(15)26-3/h4-11H,12H2,1-3H3/b21-11-. The van der Waals surface area contributed by atoms with Gasteiger partial charge in [-0.3, -0.25) is 0 Å². The van der Waals surface area contributed by atoms with Crippen molar-refractivity contribution in [2.75, 3.05) is 14.2 Å². The highest BCUT2D eigenvalue weighted by molar-refractivity contribution is 9.10. The number of benzene rings is 2. The normalized spacial score (nSPS) is 11.1. The van der Waals surface area contributed by atoms with Gasteiger partial charge < -0.3 is 9.47 Å². The highest BCUT2D eigenvalue weighted by Crippen LogP contribution is 2.25. The Hall–Kier alpha value is -2.32. The van der Waals surface area contributed by atoms with Crippen molar-refractivity contribution < 1.29 is 9.47 Å². The molecule has 0 aliphatic rings. The third kappa shape index (κ3) is 4.90. The minimum Gasteiger partial charge on any atom is -0.497 e. The molecule has 27 heavy (non-hydrogen) atoms. The Morgan fingerprint density at radius 2 is 1.89 bits per heavy atom. The predicted octanol–water partition coefficient (Wildman–Crippen LogP) is 4.54. The van der Waals surface area contributed by atoms with Gasteiger partial charge in [-0.05, 0) is 36.8 Å². The summed E-state index contributed by atoms with van der Waals surface area (Å²) in [4.78, 5) is 0. The molecule has 3 rings (SSSR count). The zero-order valence-corrected chi connectivity index (χ0v) is 17.6. The summed E-state index contributed by atoms with van der Waals surface area (Å²) in [6.45, 7) is 1.87. The minimum absolute atomic E-state index is 0.688. The predicted molar refractivity (Wildman–Crippen MR) is 111 cm³/mol. The third-order valence-electron chi connectivity index (χ3n) is 3.80. The van der Waals surface area contributed by atoms with Gasteiger partial charge in [-0.2, -0.15) is 9.78 Å². The first-order valence-electron chi connectivity index (χ1n) is 8.16. The lowest BCUT2D eigenvalue weighted by atomic mass is 10.2. The molecule has 0 atom stereocenters. The second-order valence-electron chi connectivity index (χ2n) is 5.61. The molecule has 1 aromatic heterocycles. The Labute approximate surface area is 170 Å². The van der Waals surface area contributed by atoms with E-state index >= 15 is 0 Å². The van der Waals surface area contributed by atoms with Crippen LogP contribution in [0.15, 0.2) is 57.2 Å². The van der Waals surface area contributed by atoms with Crippen molar-refractivity contribution >= 4 is 33.9 Å². The fourth-order valence-corrected chi connectivity index (χ4v) is 3.49. The van der Waals surface area contributed by atoms with E-state index in [0.29, 0.717) is 5.75 Å². The number of nitrogens with zero attached hydrogens (tertiary/aromatic N) is 4. The van der Waals surface area contributed by atoms with Crippen molar-refractivity contribution in [2.24, 2.45) is 5.10 Å².